The molecule has 0 radical (unpaired) electrons. The fraction of sp³-hybridized carbons (Fsp3) is 0.350. The maximum atomic E-state index is 12.6. The Bertz CT molecular complexity index is 665. The Kier molecular flexibility index (Phi) is 7.00. The lowest BCUT2D eigenvalue weighted by Gasteiger charge is -2.21. The van der Waals surface area contributed by atoms with E-state index < -0.39 is 0 Å². The van der Waals surface area contributed by atoms with E-state index in [4.69, 9.17) is 5.73 Å². The zero-order valence-electron chi connectivity index (χ0n) is 14.5. The van der Waals surface area contributed by atoms with Crippen molar-refractivity contribution in [3.63, 3.8) is 0 Å². The molecule has 1 heterocycles. The van der Waals surface area contributed by atoms with Crippen LogP contribution in [0.4, 0.5) is 5.69 Å². The highest BCUT2D eigenvalue weighted by Gasteiger charge is 2.33. The van der Waals surface area contributed by atoms with Crippen molar-refractivity contribution in [2.24, 2.45) is 11.7 Å². The van der Waals surface area contributed by atoms with Crippen molar-refractivity contribution in [1.29, 1.82) is 0 Å². The Morgan fingerprint density at radius 3 is 2.28 bits per heavy atom. The summed E-state index contributed by atoms with van der Waals surface area (Å²) in [6, 6.07) is 20.3. The average molecular weight is 360 g/mol. The van der Waals surface area contributed by atoms with Crippen molar-refractivity contribution < 1.29 is 4.79 Å². The molecule has 0 saturated carbocycles. The molecule has 2 atom stereocenters. The number of anilines is 1. The van der Waals surface area contributed by atoms with E-state index in [-0.39, 0.29) is 18.3 Å². The van der Waals surface area contributed by atoms with Crippen molar-refractivity contribution in [3.8, 4) is 0 Å². The van der Waals surface area contributed by atoms with Crippen molar-refractivity contribution >= 4 is 24.0 Å². The smallest absolute Gasteiger partial charge is 0.240 e. The van der Waals surface area contributed by atoms with Gasteiger partial charge < -0.3 is 10.6 Å². The van der Waals surface area contributed by atoms with Crippen LogP contribution in [0.2, 0.25) is 0 Å². The third-order valence-electron chi connectivity index (χ3n) is 4.92. The lowest BCUT2D eigenvalue weighted by Crippen LogP contribution is -2.37. The third-order valence-corrected chi connectivity index (χ3v) is 4.92. The molecule has 134 valence electrons. The highest BCUT2D eigenvalue weighted by molar-refractivity contribution is 5.94. The summed E-state index contributed by atoms with van der Waals surface area (Å²) < 4.78 is 0. The minimum atomic E-state index is 0. The van der Waals surface area contributed by atoms with Crippen LogP contribution in [-0.4, -0.2) is 44.0 Å². The maximum Gasteiger partial charge on any atom is 0.240 e. The van der Waals surface area contributed by atoms with Gasteiger partial charge in [-0.2, -0.15) is 0 Å². The van der Waals surface area contributed by atoms with Crippen LogP contribution in [-0.2, 0) is 4.79 Å². The fourth-order valence-corrected chi connectivity index (χ4v) is 3.50. The molecule has 3 rings (SSSR count). The van der Waals surface area contributed by atoms with Crippen LogP contribution in [0.15, 0.2) is 60.7 Å². The highest BCUT2D eigenvalue weighted by atomic mass is 35.5. The second-order valence-electron chi connectivity index (χ2n) is 6.50. The second kappa shape index (κ2) is 8.99. The van der Waals surface area contributed by atoms with Gasteiger partial charge in [-0.05, 0) is 30.2 Å². The van der Waals surface area contributed by atoms with Gasteiger partial charge in [-0.1, -0.05) is 48.5 Å². The molecule has 0 aromatic heterocycles. The van der Waals surface area contributed by atoms with Crippen LogP contribution in [0.3, 0.4) is 0 Å². The van der Waals surface area contributed by atoms with E-state index in [9.17, 15) is 4.79 Å². The monoisotopic (exact) mass is 359 g/mol. The fourth-order valence-electron chi connectivity index (χ4n) is 3.50. The maximum absolute atomic E-state index is 12.6. The second-order valence-corrected chi connectivity index (χ2v) is 6.50. The van der Waals surface area contributed by atoms with Crippen LogP contribution in [0.5, 0.6) is 0 Å². The Balaban J connectivity index is 0.00000225. The summed E-state index contributed by atoms with van der Waals surface area (Å²) in [4.78, 5) is 16.6. The molecule has 2 aromatic rings. The zero-order chi connectivity index (χ0) is 16.9. The summed E-state index contributed by atoms with van der Waals surface area (Å²) >= 11 is 0. The van der Waals surface area contributed by atoms with Crippen molar-refractivity contribution in [2.45, 2.75) is 5.92 Å². The Morgan fingerprint density at radius 1 is 1.08 bits per heavy atom. The number of nitrogens with zero attached hydrogens (tertiary/aromatic N) is 2. The molecule has 2 N–H and O–H groups in total. The largest absolute Gasteiger partial charge is 0.330 e. The van der Waals surface area contributed by atoms with E-state index in [2.05, 4.69) is 29.2 Å². The van der Waals surface area contributed by atoms with Crippen LogP contribution in [0, 0.1) is 5.92 Å². The summed E-state index contributed by atoms with van der Waals surface area (Å²) in [5, 5.41) is 0. The summed E-state index contributed by atoms with van der Waals surface area (Å²) in [5.41, 5.74) is 8.23. The Morgan fingerprint density at radius 2 is 1.68 bits per heavy atom. The molecule has 2 aromatic carbocycles. The predicted octanol–water partition coefficient (Wildman–Crippen LogP) is 2.75. The number of hydrogen-bond acceptors (Lipinski definition) is 3. The lowest BCUT2D eigenvalue weighted by molar-refractivity contribution is -0.119. The molecule has 0 bridgehead atoms. The number of rotatable bonds is 5. The van der Waals surface area contributed by atoms with Crippen LogP contribution in [0.25, 0.3) is 0 Å². The third kappa shape index (κ3) is 4.60. The quantitative estimate of drug-likeness (QED) is 0.893. The molecule has 1 aliphatic rings. The van der Waals surface area contributed by atoms with Crippen LogP contribution >= 0.6 is 12.4 Å². The molecular weight excluding hydrogens is 334 g/mol. The predicted molar refractivity (Wildman–Crippen MR) is 105 cm³/mol. The number of carbonyl (C=O) groups excluding carboxylic acids is 1. The molecule has 0 unspecified atom stereocenters. The van der Waals surface area contributed by atoms with E-state index >= 15 is 0 Å². The van der Waals surface area contributed by atoms with E-state index in [0.717, 1.165) is 18.8 Å². The van der Waals surface area contributed by atoms with Gasteiger partial charge in [0.25, 0.3) is 0 Å². The van der Waals surface area contributed by atoms with Gasteiger partial charge in [-0.15, -0.1) is 12.4 Å². The molecule has 5 heteroatoms. The first-order valence-electron chi connectivity index (χ1n) is 8.48. The molecule has 0 aliphatic carbocycles. The van der Waals surface area contributed by atoms with Gasteiger partial charge in [0.15, 0.2) is 0 Å². The summed E-state index contributed by atoms with van der Waals surface area (Å²) in [5.74, 6) is 0.930. The van der Waals surface area contributed by atoms with Gasteiger partial charge in [0.1, 0.15) is 0 Å². The molecule has 1 aliphatic heterocycles. The minimum Gasteiger partial charge on any atom is -0.330 e. The molecule has 0 spiro atoms. The summed E-state index contributed by atoms with van der Waals surface area (Å²) in [7, 11) is 1.84. The van der Waals surface area contributed by atoms with Gasteiger partial charge in [0.05, 0.1) is 6.54 Å². The number of para-hydroxylation sites is 1. The van der Waals surface area contributed by atoms with E-state index in [1.54, 1.807) is 4.90 Å². The minimum absolute atomic E-state index is 0. The zero-order valence-corrected chi connectivity index (χ0v) is 15.4. The number of hydrogen-bond donors (Lipinski definition) is 1. The van der Waals surface area contributed by atoms with Gasteiger partial charge in [-0.3, -0.25) is 9.69 Å². The molecule has 1 saturated heterocycles. The van der Waals surface area contributed by atoms with Gasteiger partial charge in [0.2, 0.25) is 5.91 Å². The molecular formula is C20H26ClN3O. The first kappa shape index (κ1) is 19.4. The van der Waals surface area contributed by atoms with Crippen LogP contribution < -0.4 is 10.6 Å². The Labute approximate surface area is 156 Å². The van der Waals surface area contributed by atoms with Crippen molar-refractivity contribution in [2.75, 3.05) is 38.1 Å². The average Bonchev–Trinajstić information content (AvgIpc) is 3.05. The number of likely N-dealkylation sites (N-methyl/N-ethyl adjacent to an activating group) is 1. The number of amides is 1. The van der Waals surface area contributed by atoms with E-state index in [0.29, 0.717) is 24.9 Å². The summed E-state index contributed by atoms with van der Waals surface area (Å²) in [6.07, 6.45) is 0. The number of nitrogens with two attached hydrogens (primary N) is 1. The molecule has 4 nitrogen and oxygen atoms in total. The van der Waals surface area contributed by atoms with Crippen LogP contribution in [0.1, 0.15) is 11.5 Å². The Hall–Kier alpha value is -1.88. The van der Waals surface area contributed by atoms with Crippen molar-refractivity contribution in [3.05, 3.63) is 66.2 Å². The summed E-state index contributed by atoms with van der Waals surface area (Å²) in [6.45, 7) is 2.86. The van der Waals surface area contributed by atoms with E-state index in [1.165, 1.54) is 5.56 Å². The first-order chi connectivity index (χ1) is 11.7. The highest BCUT2D eigenvalue weighted by Crippen LogP contribution is 2.31. The van der Waals surface area contributed by atoms with Crippen molar-refractivity contribution in [1.82, 2.24) is 4.90 Å². The lowest BCUT2D eigenvalue weighted by atomic mass is 9.89. The molecule has 25 heavy (non-hydrogen) atoms. The number of carbonyl (C=O) groups is 1. The first-order valence-corrected chi connectivity index (χ1v) is 8.48. The molecule has 1 fully saturated rings. The van der Waals surface area contributed by atoms with Gasteiger partial charge in [0, 0.05) is 31.7 Å². The standard InChI is InChI=1S/C20H25N3O.ClH/c1-22(18-10-6-3-7-11-18)20(24)15-23-13-17(12-21)19(14-23)16-8-4-2-5-9-16;/h2-11,17,19H,12-15,21H2,1H3;1H/t17-,19+;/m1./s1. The topological polar surface area (TPSA) is 49.6 Å². The number of benzene rings is 2. The number of likely N-dealkylation sites (tertiary alicyclic amines) is 1. The van der Waals surface area contributed by atoms with E-state index in [1.807, 2.05) is 43.4 Å². The number of halogens is 1. The normalized spacial score (nSPS) is 20.1. The van der Waals surface area contributed by atoms with Gasteiger partial charge >= 0.3 is 0 Å². The van der Waals surface area contributed by atoms with Gasteiger partial charge in [-0.25, -0.2) is 0 Å². The molecule has 1 amide bonds. The SMILES string of the molecule is CN(C(=O)CN1C[C@@H](CN)[C@H](c2ccccc2)C1)c1ccccc1.Cl.